The molecule has 0 heterocycles. The summed E-state index contributed by atoms with van der Waals surface area (Å²) in [5.41, 5.74) is 1.52. The second-order valence-corrected chi connectivity index (χ2v) is 7.31. The average Bonchev–Trinajstić information content (AvgIpc) is 2.47. The molecule has 0 aliphatic rings. The maximum Gasteiger partial charge on any atom is 0.195 e. The predicted octanol–water partition coefficient (Wildman–Crippen LogP) is 5.34. The van der Waals surface area contributed by atoms with Gasteiger partial charge in [-0.3, -0.25) is 4.79 Å². The van der Waals surface area contributed by atoms with Gasteiger partial charge in [-0.2, -0.15) is 0 Å². The van der Waals surface area contributed by atoms with Crippen molar-refractivity contribution in [2.45, 2.75) is 8.61 Å². The maximum atomic E-state index is 12.5. The second-order valence-electron chi connectivity index (χ2n) is 4.09. The van der Waals surface area contributed by atoms with Gasteiger partial charge in [-0.1, -0.05) is 104 Å². The number of rotatable bonds is 4. The zero-order valence-electron chi connectivity index (χ0n) is 9.89. The van der Waals surface area contributed by atoms with Gasteiger partial charge in [0.15, 0.2) is 9.57 Å². The molecule has 0 aliphatic carbocycles. The molecule has 0 bridgehead atoms. The third kappa shape index (κ3) is 3.28. The molecular weight excluding hydrogens is 391 g/mol. The Morgan fingerprint density at radius 3 is 2.00 bits per heavy atom. The number of carbonyl (C=O) groups is 1. The van der Waals surface area contributed by atoms with Gasteiger partial charge in [0.2, 0.25) is 0 Å². The van der Waals surface area contributed by atoms with Crippen LogP contribution in [0, 0.1) is 0 Å². The molecule has 0 saturated heterocycles. The first-order valence-electron chi connectivity index (χ1n) is 5.70. The molecule has 2 unspecified atom stereocenters. The highest BCUT2D eigenvalue weighted by atomic mass is 79.9. The maximum absolute atomic E-state index is 12.5. The van der Waals surface area contributed by atoms with Gasteiger partial charge in [0.1, 0.15) is 0 Å². The van der Waals surface area contributed by atoms with Crippen molar-refractivity contribution in [3.05, 3.63) is 71.8 Å². The lowest BCUT2D eigenvalue weighted by molar-refractivity contribution is 0.0977. The molecule has 0 aromatic heterocycles. The van der Waals surface area contributed by atoms with Crippen LogP contribution < -0.4 is 0 Å². The van der Waals surface area contributed by atoms with E-state index in [2.05, 4.69) is 31.9 Å². The molecule has 98 valence electrons. The number of carbonyl (C=O) groups excluding carboxylic acids is 1. The van der Waals surface area contributed by atoms with Crippen molar-refractivity contribution >= 4 is 49.2 Å². The Morgan fingerprint density at radius 2 is 1.47 bits per heavy atom. The third-order valence-corrected chi connectivity index (χ3v) is 6.05. The van der Waals surface area contributed by atoms with E-state index in [0.717, 1.165) is 5.56 Å². The van der Waals surface area contributed by atoms with Gasteiger partial charge in [0.05, 0.1) is 4.83 Å². The van der Waals surface area contributed by atoms with Crippen molar-refractivity contribution in [1.82, 2.24) is 0 Å². The van der Waals surface area contributed by atoms with E-state index in [-0.39, 0.29) is 10.6 Å². The normalized spacial score (nSPS) is 15.5. The summed E-state index contributed by atoms with van der Waals surface area (Å²) in [4.78, 5) is 12.1. The van der Waals surface area contributed by atoms with E-state index < -0.39 is 3.78 Å². The van der Waals surface area contributed by atoms with Crippen molar-refractivity contribution in [2.75, 3.05) is 0 Å². The van der Waals surface area contributed by atoms with E-state index in [1.165, 1.54) is 0 Å². The van der Waals surface area contributed by atoms with Gasteiger partial charge >= 0.3 is 0 Å². The number of hydrogen-bond acceptors (Lipinski definition) is 1. The first-order valence-corrected chi connectivity index (χ1v) is 7.79. The molecule has 0 spiro atoms. The Balaban J connectivity index is 2.30. The van der Waals surface area contributed by atoms with Crippen molar-refractivity contribution in [3.8, 4) is 0 Å². The van der Waals surface area contributed by atoms with E-state index in [1.807, 2.05) is 48.5 Å². The minimum absolute atomic E-state index is 0.166. The molecule has 0 amide bonds. The van der Waals surface area contributed by atoms with E-state index in [1.54, 1.807) is 12.1 Å². The smallest absolute Gasteiger partial charge is 0.195 e. The zero-order chi connectivity index (χ0) is 13.9. The number of ketones is 1. The highest BCUT2D eigenvalue weighted by molar-refractivity contribution is 9.13. The van der Waals surface area contributed by atoms with Gasteiger partial charge in [-0.25, -0.2) is 0 Å². The van der Waals surface area contributed by atoms with Crippen LogP contribution in [0.5, 0.6) is 0 Å². The summed E-state index contributed by atoms with van der Waals surface area (Å²) >= 11 is 13.3. The fourth-order valence-electron chi connectivity index (χ4n) is 1.73. The van der Waals surface area contributed by atoms with Gasteiger partial charge < -0.3 is 0 Å². The first kappa shape index (κ1) is 14.8. The first-order chi connectivity index (χ1) is 9.03. The summed E-state index contributed by atoms with van der Waals surface area (Å²) in [5.74, 6) is -0.166. The van der Waals surface area contributed by atoms with Crippen molar-refractivity contribution in [2.24, 2.45) is 0 Å². The summed E-state index contributed by atoms with van der Waals surface area (Å²) in [6.07, 6.45) is 0. The van der Waals surface area contributed by atoms with Crippen LogP contribution in [0.4, 0.5) is 0 Å². The summed E-state index contributed by atoms with van der Waals surface area (Å²) < 4.78 is -1.21. The minimum Gasteiger partial charge on any atom is -0.291 e. The van der Waals surface area contributed by atoms with E-state index in [4.69, 9.17) is 11.6 Å². The molecule has 0 N–H and O–H groups in total. The quantitative estimate of drug-likeness (QED) is 0.499. The van der Waals surface area contributed by atoms with Crippen LogP contribution >= 0.6 is 43.5 Å². The molecule has 2 aromatic carbocycles. The van der Waals surface area contributed by atoms with Gasteiger partial charge in [0.25, 0.3) is 0 Å². The minimum atomic E-state index is -1.21. The lowest BCUT2D eigenvalue weighted by Gasteiger charge is -2.25. The summed E-state index contributed by atoms with van der Waals surface area (Å²) in [5, 5.41) is 0. The molecule has 1 nitrogen and oxygen atoms in total. The Hall–Kier alpha value is -0.640. The molecule has 0 saturated carbocycles. The number of benzene rings is 2. The third-order valence-electron chi connectivity index (χ3n) is 2.75. The monoisotopic (exact) mass is 400 g/mol. The topological polar surface area (TPSA) is 17.1 Å². The summed E-state index contributed by atoms with van der Waals surface area (Å²) in [7, 11) is 0. The van der Waals surface area contributed by atoms with Crippen LogP contribution in [-0.4, -0.2) is 9.57 Å². The van der Waals surface area contributed by atoms with Crippen molar-refractivity contribution in [1.29, 1.82) is 0 Å². The largest absolute Gasteiger partial charge is 0.291 e. The summed E-state index contributed by atoms with van der Waals surface area (Å²) in [6.45, 7) is 0. The Labute approximate surface area is 134 Å². The van der Waals surface area contributed by atoms with Gasteiger partial charge in [0, 0.05) is 5.56 Å². The molecular formula is C15H11Br2ClO. The number of alkyl halides is 3. The highest BCUT2D eigenvalue weighted by Gasteiger charge is 2.41. The van der Waals surface area contributed by atoms with Crippen LogP contribution in [0.25, 0.3) is 0 Å². The number of hydrogen-bond donors (Lipinski definition) is 0. The Bertz CT molecular complexity index is 555. The number of Topliss-reactive ketones (excluding diaryl/α,β-unsaturated/α-hetero) is 1. The van der Waals surface area contributed by atoms with Crippen molar-refractivity contribution in [3.63, 3.8) is 0 Å². The standard InChI is InChI=1S/C15H11Br2ClO/c16-13(11-7-3-1-4-8-11)15(17,18)14(19)12-9-5-2-6-10-12/h1-10,13H. The molecule has 0 aliphatic heterocycles. The fraction of sp³-hybridized carbons (Fsp3) is 0.133. The molecule has 19 heavy (non-hydrogen) atoms. The van der Waals surface area contributed by atoms with Crippen LogP contribution in [0.3, 0.4) is 0 Å². The van der Waals surface area contributed by atoms with Crippen molar-refractivity contribution < 1.29 is 4.79 Å². The molecule has 0 radical (unpaired) electrons. The highest BCUT2D eigenvalue weighted by Crippen LogP contribution is 2.45. The van der Waals surface area contributed by atoms with E-state index in [9.17, 15) is 4.79 Å². The molecule has 2 rings (SSSR count). The van der Waals surface area contributed by atoms with Crippen LogP contribution in [0.15, 0.2) is 60.7 Å². The average molecular weight is 403 g/mol. The fourth-order valence-corrected chi connectivity index (χ4v) is 2.97. The second kappa shape index (κ2) is 6.21. The summed E-state index contributed by atoms with van der Waals surface area (Å²) in [6, 6.07) is 18.6. The molecule has 2 atom stereocenters. The van der Waals surface area contributed by atoms with E-state index in [0.29, 0.717) is 5.56 Å². The lowest BCUT2D eigenvalue weighted by atomic mass is 10.0. The lowest BCUT2D eigenvalue weighted by Crippen LogP contribution is -2.30. The molecule has 0 fully saturated rings. The number of halogens is 3. The van der Waals surface area contributed by atoms with Crippen LogP contribution in [-0.2, 0) is 0 Å². The van der Waals surface area contributed by atoms with Gasteiger partial charge in [-0.05, 0) is 5.56 Å². The Kier molecular flexibility index (Phi) is 4.82. The predicted molar refractivity (Wildman–Crippen MR) is 86.4 cm³/mol. The molecule has 2 aromatic rings. The van der Waals surface area contributed by atoms with Crippen LogP contribution in [0.1, 0.15) is 20.7 Å². The van der Waals surface area contributed by atoms with Gasteiger partial charge in [-0.15, -0.1) is 0 Å². The van der Waals surface area contributed by atoms with E-state index >= 15 is 0 Å². The molecule has 4 heteroatoms. The Morgan fingerprint density at radius 1 is 1.00 bits per heavy atom. The zero-order valence-corrected chi connectivity index (χ0v) is 13.8. The SMILES string of the molecule is O=C(c1ccccc1)C(Cl)(Br)C(Br)c1ccccc1. The van der Waals surface area contributed by atoms with Crippen LogP contribution in [0.2, 0.25) is 0 Å².